The number of rotatable bonds is 7. The molecule has 1 aliphatic carbocycles. The molecule has 0 spiro atoms. The number of carbonyl (C=O) groups excluding carboxylic acids is 2. The Labute approximate surface area is 258 Å². The molecule has 6 rings (SSSR count). The molecule has 9 nitrogen and oxygen atoms in total. The van der Waals surface area contributed by atoms with E-state index in [-0.39, 0.29) is 18.0 Å². The lowest BCUT2D eigenvalue weighted by atomic mass is 9.95. The van der Waals surface area contributed by atoms with Crippen molar-refractivity contribution < 1.29 is 19.1 Å². The first kappa shape index (κ1) is 29.5. The van der Waals surface area contributed by atoms with E-state index in [9.17, 15) is 9.59 Å². The van der Waals surface area contributed by atoms with Crippen molar-refractivity contribution in [2.75, 3.05) is 13.2 Å². The Balaban J connectivity index is 1.22. The first-order chi connectivity index (χ1) is 20.9. The van der Waals surface area contributed by atoms with Crippen LogP contribution in [0.25, 0.3) is 22.3 Å². The highest BCUT2D eigenvalue weighted by atomic mass is 16.6. The Morgan fingerprint density at radius 1 is 1.02 bits per heavy atom. The van der Waals surface area contributed by atoms with E-state index in [4.69, 9.17) is 14.5 Å². The SMILES string of the molecule is Cc1cnc(-c2cc(C3(NC(=O)c4cc(OC[C@@H]5CCN5C(=O)OC(C)(C)C)ccc4C)CC3)c3ccc(C)nc3c2)nc1. The Hall–Kier alpha value is -4.53. The van der Waals surface area contributed by atoms with Gasteiger partial charge in [0.25, 0.3) is 5.91 Å². The molecule has 0 unspecified atom stereocenters. The summed E-state index contributed by atoms with van der Waals surface area (Å²) < 4.78 is 11.6. The number of amides is 2. The van der Waals surface area contributed by atoms with Gasteiger partial charge in [-0.05, 0) is 108 Å². The van der Waals surface area contributed by atoms with E-state index in [0.717, 1.165) is 58.1 Å². The van der Waals surface area contributed by atoms with Crippen molar-refractivity contribution in [1.29, 1.82) is 0 Å². The minimum absolute atomic E-state index is 0.0616. The van der Waals surface area contributed by atoms with Crippen molar-refractivity contribution in [2.24, 2.45) is 0 Å². The number of benzene rings is 2. The number of fused-ring (bicyclic) bond motifs is 1. The van der Waals surface area contributed by atoms with Crippen LogP contribution >= 0.6 is 0 Å². The molecule has 4 aromatic rings. The number of hydrogen-bond donors (Lipinski definition) is 1. The number of ether oxygens (including phenoxy) is 2. The average Bonchev–Trinajstić information content (AvgIpc) is 3.72. The van der Waals surface area contributed by atoms with Gasteiger partial charge < -0.3 is 19.7 Å². The predicted octanol–water partition coefficient (Wildman–Crippen LogP) is 6.42. The number of nitrogens with one attached hydrogen (secondary N) is 1. The van der Waals surface area contributed by atoms with E-state index in [1.165, 1.54) is 0 Å². The van der Waals surface area contributed by atoms with Crippen LogP contribution in [0.15, 0.2) is 54.9 Å². The van der Waals surface area contributed by atoms with Gasteiger partial charge in [0, 0.05) is 41.1 Å². The number of hydrogen-bond acceptors (Lipinski definition) is 7. The van der Waals surface area contributed by atoms with Crippen molar-refractivity contribution in [3.63, 3.8) is 0 Å². The Bertz CT molecular complexity index is 1740. The third-order valence-electron chi connectivity index (χ3n) is 8.27. The summed E-state index contributed by atoms with van der Waals surface area (Å²) in [5.41, 5.74) is 5.00. The predicted molar refractivity (Wildman–Crippen MR) is 169 cm³/mol. The molecule has 2 aromatic carbocycles. The normalized spacial score (nSPS) is 17.1. The fourth-order valence-electron chi connectivity index (χ4n) is 5.58. The van der Waals surface area contributed by atoms with Crippen LogP contribution in [-0.2, 0) is 10.3 Å². The summed E-state index contributed by atoms with van der Waals surface area (Å²) in [4.78, 5) is 41.9. The maximum absolute atomic E-state index is 13.8. The maximum Gasteiger partial charge on any atom is 0.410 e. The van der Waals surface area contributed by atoms with E-state index in [1.807, 2.05) is 78.2 Å². The summed E-state index contributed by atoms with van der Waals surface area (Å²) in [6, 6.07) is 13.7. The van der Waals surface area contributed by atoms with Crippen LogP contribution < -0.4 is 10.1 Å². The van der Waals surface area contributed by atoms with Crippen LogP contribution in [0.3, 0.4) is 0 Å². The first-order valence-corrected chi connectivity index (χ1v) is 15.2. The third-order valence-corrected chi connectivity index (χ3v) is 8.27. The molecule has 9 heteroatoms. The van der Waals surface area contributed by atoms with Gasteiger partial charge in [0.1, 0.15) is 18.0 Å². The second-order valence-electron chi connectivity index (χ2n) is 13.1. The number of aromatic nitrogens is 3. The molecule has 44 heavy (non-hydrogen) atoms. The molecule has 2 fully saturated rings. The molecule has 2 amide bonds. The molecule has 1 saturated heterocycles. The summed E-state index contributed by atoms with van der Waals surface area (Å²) >= 11 is 0. The molecule has 1 saturated carbocycles. The monoisotopic (exact) mass is 593 g/mol. The Kier molecular flexibility index (Phi) is 7.51. The van der Waals surface area contributed by atoms with Crippen molar-refractivity contribution >= 4 is 22.9 Å². The minimum Gasteiger partial charge on any atom is -0.491 e. The second-order valence-corrected chi connectivity index (χ2v) is 13.1. The van der Waals surface area contributed by atoms with Gasteiger partial charge in [0.15, 0.2) is 5.82 Å². The lowest BCUT2D eigenvalue weighted by molar-refractivity contribution is -0.0141. The largest absolute Gasteiger partial charge is 0.491 e. The van der Waals surface area contributed by atoms with Crippen molar-refractivity contribution in [3.05, 3.63) is 82.8 Å². The highest BCUT2D eigenvalue weighted by Crippen LogP contribution is 2.49. The minimum atomic E-state index is -0.548. The van der Waals surface area contributed by atoms with Crippen LogP contribution in [0.5, 0.6) is 5.75 Å². The van der Waals surface area contributed by atoms with Gasteiger partial charge in [0.2, 0.25) is 0 Å². The molecular weight excluding hydrogens is 554 g/mol. The highest BCUT2D eigenvalue weighted by Gasteiger charge is 2.47. The summed E-state index contributed by atoms with van der Waals surface area (Å²) in [7, 11) is 0. The van der Waals surface area contributed by atoms with Crippen LogP contribution in [0.1, 0.15) is 72.8 Å². The molecule has 2 aliphatic rings. The zero-order valence-corrected chi connectivity index (χ0v) is 26.2. The number of aryl methyl sites for hydroxylation is 3. The lowest BCUT2D eigenvalue weighted by Crippen LogP contribution is -2.55. The van der Waals surface area contributed by atoms with E-state index >= 15 is 0 Å². The molecule has 2 aromatic heterocycles. The van der Waals surface area contributed by atoms with Gasteiger partial charge in [0.05, 0.1) is 17.1 Å². The molecule has 228 valence electrons. The summed E-state index contributed by atoms with van der Waals surface area (Å²) in [6.45, 7) is 12.4. The fraction of sp³-hybridized carbons (Fsp3) is 0.400. The maximum atomic E-state index is 13.8. The van der Waals surface area contributed by atoms with Gasteiger partial charge in [-0.3, -0.25) is 9.78 Å². The van der Waals surface area contributed by atoms with Crippen molar-refractivity contribution in [2.45, 2.75) is 78.0 Å². The van der Waals surface area contributed by atoms with E-state index in [1.54, 1.807) is 11.0 Å². The highest BCUT2D eigenvalue weighted by molar-refractivity contribution is 5.98. The van der Waals surface area contributed by atoms with Crippen LogP contribution in [0.4, 0.5) is 4.79 Å². The van der Waals surface area contributed by atoms with E-state index in [0.29, 0.717) is 30.3 Å². The number of pyridine rings is 1. The van der Waals surface area contributed by atoms with Gasteiger partial charge >= 0.3 is 6.09 Å². The smallest absolute Gasteiger partial charge is 0.410 e. The molecule has 1 atom stereocenters. The zero-order valence-electron chi connectivity index (χ0n) is 26.2. The number of likely N-dealkylation sites (tertiary alicyclic amines) is 1. The van der Waals surface area contributed by atoms with Gasteiger partial charge in [-0.1, -0.05) is 12.1 Å². The first-order valence-electron chi connectivity index (χ1n) is 15.2. The molecule has 1 aliphatic heterocycles. The Morgan fingerprint density at radius 2 is 1.77 bits per heavy atom. The standard InChI is InChI=1S/C35H39N5O4/c1-21-18-36-31(37-19-21)24-15-29(27-10-8-23(3)38-30(27)16-24)35(12-13-35)39-32(41)28-17-26(9-7-22(28)2)43-20-25-11-14-40(25)33(42)44-34(4,5)6/h7-10,15-19,25H,11-14,20H2,1-6H3,(H,39,41)/t25-/m0/s1. The second kappa shape index (κ2) is 11.2. The molecule has 3 heterocycles. The molecular formula is C35H39N5O4. The molecule has 0 bridgehead atoms. The summed E-state index contributed by atoms with van der Waals surface area (Å²) in [5, 5.41) is 4.37. The number of carbonyl (C=O) groups is 2. The molecule has 0 radical (unpaired) electrons. The van der Waals surface area contributed by atoms with Gasteiger partial charge in [-0.25, -0.2) is 14.8 Å². The Morgan fingerprint density at radius 3 is 2.43 bits per heavy atom. The van der Waals surface area contributed by atoms with Gasteiger partial charge in [-0.2, -0.15) is 0 Å². The average molecular weight is 594 g/mol. The van der Waals surface area contributed by atoms with E-state index in [2.05, 4.69) is 27.4 Å². The summed E-state index contributed by atoms with van der Waals surface area (Å²) in [6.07, 6.45) is 5.77. The molecule has 1 N–H and O–H groups in total. The lowest BCUT2D eigenvalue weighted by Gasteiger charge is -2.41. The topological polar surface area (TPSA) is 107 Å². The van der Waals surface area contributed by atoms with Crippen molar-refractivity contribution in [3.8, 4) is 17.1 Å². The van der Waals surface area contributed by atoms with Gasteiger partial charge in [-0.15, -0.1) is 0 Å². The van der Waals surface area contributed by atoms with Crippen LogP contribution in [0.2, 0.25) is 0 Å². The quantitative estimate of drug-likeness (QED) is 0.263. The third kappa shape index (κ3) is 6.09. The fourth-order valence-corrected chi connectivity index (χ4v) is 5.58. The van der Waals surface area contributed by atoms with Crippen molar-refractivity contribution in [1.82, 2.24) is 25.2 Å². The number of nitrogens with zero attached hydrogens (tertiary/aromatic N) is 4. The summed E-state index contributed by atoms with van der Waals surface area (Å²) in [5.74, 6) is 1.06. The van der Waals surface area contributed by atoms with Crippen LogP contribution in [-0.4, -0.2) is 56.6 Å². The zero-order chi connectivity index (χ0) is 31.2. The van der Waals surface area contributed by atoms with Crippen LogP contribution in [0, 0.1) is 20.8 Å². The van der Waals surface area contributed by atoms with E-state index < -0.39 is 11.1 Å².